The van der Waals surface area contributed by atoms with Crippen LogP contribution in [0, 0.1) is 0 Å². The summed E-state index contributed by atoms with van der Waals surface area (Å²) in [4.78, 5) is 0. The van der Waals surface area contributed by atoms with Crippen molar-refractivity contribution < 1.29 is 4.74 Å². The van der Waals surface area contributed by atoms with Crippen LogP contribution in [0.5, 0.6) is 5.75 Å². The van der Waals surface area contributed by atoms with Crippen LogP contribution in [0.1, 0.15) is 0 Å². The molecule has 0 aliphatic heterocycles. The van der Waals surface area contributed by atoms with Gasteiger partial charge in [-0.2, -0.15) is 5.10 Å². The van der Waals surface area contributed by atoms with Gasteiger partial charge in [-0.25, -0.2) is 0 Å². The number of ether oxygens (including phenoxy) is 1. The summed E-state index contributed by atoms with van der Waals surface area (Å²) in [5, 5.41) is 7.88. The minimum Gasteiger partial charge on any atom is -0.494 e. The number of aromatic nitrogens is 2. The number of hydrogen-bond donors (Lipinski definition) is 0. The summed E-state index contributed by atoms with van der Waals surface area (Å²) in [7, 11) is 1.63. The van der Waals surface area contributed by atoms with Crippen molar-refractivity contribution >= 4 is 0 Å². The molecule has 3 nitrogen and oxygen atoms in total. The molecule has 2 rings (SSSR count). The van der Waals surface area contributed by atoms with Gasteiger partial charge in [0, 0.05) is 11.6 Å². The Morgan fingerprint density at radius 3 is 2.57 bits per heavy atom. The van der Waals surface area contributed by atoms with E-state index in [1.54, 1.807) is 19.4 Å². The summed E-state index contributed by atoms with van der Waals surface area (Å²) >= 11 is 0. The highest BCUT2D eigenvalue weighted by Gasteiger charge is 2.05. The summed E-state index contributed by atoms with van der Waals surface area (Å²) in [6.45, 7) is 0. The van der Waals surface area contributed by atoms with Gasteiger partial charge < -0.3 is 4.74 Å². The third-order valence-electron chi connectivity index (χ3n) is 1.95. The molecule has 3 heteroatoms. The lowest BCUT2D eigenvalue weighted by Crippen LogP contribution is -1.92. The fourth-order valence-corrected chi connectivity index (χ4v) is 1.28. The molecule has 0 spiro atoms. The number of rotatable bonds is 2. The maximum absolute atomic E-state index is 5.20. The second kappa shape index (κ2) is 3.87. The Bertz CT molecular complexity index is 415. The van der Waals surface area contributed by atoms with Crippen molar-refractivity contribution in [2.75, 3.05) is 7.11 Å². The van der Waals surface area contributed by atoms with Crippen molar-refractivity contribution in [2.24, 2.45) is 0 Å². The zero-order chi connectivity index (χ0) is 9.80. The van der Waals surface area contributed by atoms with Crippen molar-refractivity contribution in [3.63, 3.8) is 0 Å². The van der Waals surface area contributed by atoms with E-state index in [9.17, 15) is 0 Å². The van der Waals surface area contributed by atoms with Crippen LogP contribution < -0.4 is 4.74 Å². The zero-order valence-corrected chi connectivity index (χ0v) is 7.84. The van der Waals surface area contributed by atoms with Gasteiger partial charge in [-0.05, 0) is 0 Å². The normalized spacial score (nSPS) is 9.79. The highest BCUT2D eigenvalue weighted by molar-refractivity contribution is 5.65. The molecular formula is C11H10N2O. The summed E-state index contributed by atoms with van der Waals surface area (Å²) in [6.07, 6.45) is 1.62. The molecular weight excluding hydrogens is 176 g/mol. The van der Waals surface area contributed by atoms with Gasteiger partial charge in [-0.1, -0.05) is 30.3 Å². The fourth-order valence-electron chi connectivity index (χ4n) is 1.28. The lowest BCUT2D eigenvalue weighted by Gasteiger charge is -2.05. The predicted octanol–water partition coefficient (Wildman–Crippen LogP) is 2.15. The summed E-state index contributed by atoms with van der Waals surface area (Å²) in [6, 6.07) is 11.6. The van der Waals surface area contributed by atoms with Crippen molar-refractivity contribution in [1.29, 1.82) is 0 Å². The number of nitrogens with zero attached hydrogens (tertiary/aromatic N) is 2. The Morgan fingerprint density at radius 1 is 1.07 bits per heavy atom. The first-order valence-electron chi connectivity index (χ1n) is 4.33. The molecule has 1 heterocycles. The largest absolute Gasteiger partial charge is 0.494 e. The maximum Gasteiger partial charge on any atom is 0.148 e. The van der Waals surface area contributed by atoms with Crippen molar-refractivity contribution in [3.05, 3.63) is 42.6 Å². The lowest BCUT2D eigenvalue weighted by atomic mass is 10.1. The third-order valence-corrected chi connectivity index (χ3v) is 1.95. The lowest BCUT2D eigenvalue weighted by molar-refractivity contribution is 0.413. The summed E-state index contributed by atoms with van der Waals surface area (Å²) in [5.74, 6) is 0.742. The van der Waals surface area contributed by atoms with E-state index in [2.05, 4.69) is 10.2 Å². The van der Waals surface area contributed by atoms with Crippen molar-refractivity contribution in [2.45, 2.75) is 0 Å². The van der Waals surface area contributed by atoms with E-state index in [1.165, 1.54) is 0 Å². The molecule has 0 radical (unpaired) electrons. The van der Waals surface area contributed by atoms with E-state index in [4.69, 9.17) is 4.74 Å². The number of benzene rings is 1. The van der Waals surface area contributed by atoms with Gasteiger partial charge in [0.25, 0.3) is 0 Å². The minimum atomic E-state index is 0.742. The SMILES string of the molecule is COc1ccnnc1-c1ccccc1. The Labute approximate surface area is 82.4 Å². The molecule has 0 aliphatic carbocycles. The topological polar surface area (TPSA) is 35.0 Å². The van der Waals surface area contributed by atoms with Crippen LogP contribution in [0.15, 0.2) is 42.6 Å². The van der Waals surface area contributed by atoms with Crippen LogP contribution in [0.2, 0.25) is 0 Å². The Balaban J connectivity index is 2.51. The van der Waals surface area contributed by atoms with Crippen LogP contribution in [0.25, 0.3) is 11.3 Å². The molecule has 0 bridgehead atoms. The highest BCUT2D eigenvalue weighted by atomic mass is 16.5. The molecule has 70 valence electrons. The predicted molar refractivity (Wildman–Crippen MR) is 54.0 cm³/mol. The van der Waals surface area contributed by atoms with Crippen LogP contribution in [0.3, 0.4) is 0 Å². The Hall–Kier alpha value is -1.90. The molecule has 0 unspecified atom stereocenters. The average molecular weight is 186 g/mol. The van der Waals surface area contributed by atoms with Gasteiger partial charge in [0.1, 0.15) is 11.4 Å². The first-order valence-corrected chi connectivity index (χ1v) is 4.33. The first kappa shape index (κ1) is 8.69. The average Bonchev–Trinajstić information content (AvgIpc) is 2.30. The van der Waals surface area contributed by atoms with E-state index in [0.717, 1.165) is 17.0 Å². The molecule has 14 heavy (non-hydrogen) atoms. The summed E-state index contributed by atoms with van der Waals surface area (Å²) < 4.78 is 5.20. The van der Waals surface area contributed by atoms with Crippen LogP contribution in [0.4, 0.5) is 0 Å². The third kappa shape index (κ3) is 1.57. The van der Waals surface area contributed by atoms with Crippen LogP contribution in [-0.2, 0) is 0 Å². The molecule has 0 saturated carbocycles. The van der Waals surface area contributed by atoms with Gasteiger partial charge in [0.2, 0.25) is 0 Å². The molecule has 0 aliphatic rings. The smallest absolute Gasteiger partial charge is 0.148 e. The molecule has 1 aromatic heterocycles. The highest BCUT2D eigenvalue weighted by Crippen LogP contribution is 2.25. The number of methoxy groups -OCH3 is 1. The van der Waals surface area contributed by atoms with Gasteiger partial charge in [-0.15, -0.1) is 5.10 Å². The Morgan fingerprint density at radius 2 is 1.86 bits per heavy atom. The molecule has 0 N–H and O–H groups in total. The molecule has 0 saturated heterocycles. The minimum absolute atomic E-state index is 0.742. The quantitative estimate of drug-likeness (QED) is 0.720. The fraction of sp³-hybridized carbons (Fsp3) is 0.0909. The summed E-state index contributed by atoms with van der Waals surface area (Å²) in [5.41, 5.74) is 1.79. The van der Waals surface area contributed by atoms with E-state index in [1.807, 2.05) is 30.3 Å². The van der Waals surface area contributed by atoms with E-state index in [-0.39, 0.29) is 0 Å². The molecule has 1 aromatic carbocycles. The standard InChI is InChI=1S/C11H10N2O/c1-14-10-7-8-12-13-11(10)9-5-3-2-4-6-9/h2-8H,1H3. The second-order valence-corrected chi connectivity index (χ2v) is 2.81. The van der Waals surface area contributed by atoms with E-state index in [0.29, 0.717) is 0 Å². The molecule has 2 aromatic rings. The van der Waals surface area contributed by atoms with Crippen LogP contribution >= 0.6 is 0 Å². The maximum atomic E-state index is 5.20. The van der Waals surface area contributed by atoms with Crippen LogP contribution in [-0.4, -0.2) is 17.3 Å². The second-order valence-electron chi connectivity index (χ2n) is 2.81. The van der Waals surface area contributed by atoms with Crippen molar-refractivity contribution in [3.8, 4) is 17.0 Å². The van der Waals surface area contributed by atoms with Crippen molar-refractivity contribution in [1.82, 2.24) is 10.2 Å². The van der Waals surface area contributed by atoms with Gasteiger partial charge in [0.15, 0.2) is 0 Å². The van der Waals surface area contributed by atoms with Gasteiger partial charge >= 0.3 is 0 Å². The zero-order valence-electron chi connectivity index (χ0n) is 7.84. The molecule has 0 fully saturated rings. The monoisotopic (exact) mass is 186 g/mol. The number of hydrogen-bond acceptors (Lipinski definition) is 3. The molecule has 0 amide bonds. The molecule has 0 atom stereocenters. The van der Waals surface area contributed by atoms with E-state index >= 15 is 0 Å². The van der Waals surface area contributed by atoms with E-state index < -0.39 is 0 Å². The van der Waals surface area contributed by atoms with Gasteiger partial charge in [0.05, 0.1) is 13.3 Å². The first-order chi connectivity index (χ1) is 6.92. The Kier molecular flexibility index (Phi) is 2.40. The van der Waals surface area contributed by atoms with Gasteiger partial charge in [-0.3, -0.25) is 0 Å².